The predicted octanol–water partition coefficient (Wildman–Crippen LogP) is 0.615. The molecule has 0 atom stereocenters. The van der Waals surface area contributed by atoms with Gasteiger partial charge in [-0.2, -0.15) is 0 Å². The molecule has 0 aromatic carbocycles. The van der Waals surface area contributed by atoms with Crippen LogP contribution in [0.4, 0.5) is 0 Å². The number of hydrogen-bond acceptors (Lipinski definition) is 4. The van der Waals surface area contributed by atoms with Crippen LogP contribution in [0.1, 0.15) is 12.8 Å². The molecule has 2 rings (SSSR count). The fourth-order valence-electron chi connectivity index (χ4n) is 2.20. The molecule has 1 aliphatic carbocycles. The summed E-state index contributed by atoms with van der Waals surface area (Å²) in [5, 5.41) is 6.19. The normalized spacial score (nSPS) is 18.9. The summed E-state index contributed by atoms with van der Waals surface area (Å²) >= 11 is 0. The van der Waals surface area contributed by atoms with Crippen LogP contribution in [0.15, 0.2) is 0 Å². The number of nitrogens with zero attached hydrogens (tertiary/aromatic N) is 2. The van der Waals surface area contributed by atoms with E-state index in [9.17, 15) is 4.79 Å². The third kappa shape index (κ3) is 10.6. The van der Waals surface area contributed by atoms with Crippen molar-refractivity contribution in [3.05, 3.63) is 0 Å². The number of amides is 1. The molecule has 5 nitrogen and oxygen atoms in total. The van der Waals surface area contributed by atoms with Crippen molar-refractivity contribution in [2.45, 2.75) is 12.8 Å². The topological polar surface area (TPSA) is 47.6 Å². The fourth-order valence-corrected chi connectivity index (χ4v) is 2.20. The number of carbonyl (C=O) groups is 1. The molecule has 0 aromatic rings. The van der Waals surface area contributed by atoms with E-state index in [0.717, 1.165) is 51.7 Å². The highest BCUT2D eigenvalue weighted by atomic mass is 35.5. The Morgan fingerprint density at radius 1 is 1.10 bits per heavy atom. The van der Waals surface area contributed by atoms with E-state index in [0.29, 0.717) is 6.54 Å². The number of likely N-dealkylation sites (N-methyl/N-ethyl adjacent to an activating group) is 1. The fraction of sp³-hybridized carbons (Fsp3) is 0.923. The Morgan fingerprint density at radius 3 is 2.29 bits per heavy atom. The van der Waals surface area contributed by atoms with Gasteiger partial charge in [0.25, 0.3) is 0 Å². The predicted molar refractivity (Wildman–Crippen MR) is 94.3 cm³/mol. The van der Waals surface area contributed by atoms with E-state index in [4.69, 9.17) is 0 Å². The lowest BCUT2D eigenvalue weighted by molar-refractivity contribution is -0.120. The van der Waals surface area contributed by atoms with Crippen LogP contribution in [0.25, 0.3) is 0 Å². The summed E-state index contributed by atoms with van der Waals surface area (Å²) in [6, 6.07) is 0. The molecule has 0 radical (unpaired) electrons. The molecule has 1 aliphatic heterocycles. The van der Waals surface area contributed by atoms with E-state index in [-0.39, 0.29) is 43.1 Å². The van der Waals surface area contributed by atoms with Gasteiger partial charge in [-0.25, -0.2) is 0 Å². The zero-order valence-electron chi connectivity index (χ0n) is 12.7. The van der Waals surface area contributed by atoms with Crippen molar-refractivity contribution in [1.29, 1.82) is 0 Å². The van der Waals surface area contributed by atoms with Crippen molar-refractivity contribution < 1.29 is 4.79 Å². The van der Waals surface area contributed by atoms with Gasteiger partial charge in [-0.3, -0.25) is 9.69 Å². The maximum absolute atomic E-state index is 11.5. The van der Waals surface area contributed by atoms with Crippen LogP contribution in [0, 0.1) is 5.92 Å². The Balaban J connectivity index is 0. The average molecular weight is 364 g/mol. The molecule has 1 saturated carbocycles. The van der Waals surface area contributed by atoms with Crippen molar-refractivity contribution in [3.8, 4) is 0 Å². The molecule has 1 heterocycles. The standard InChI is InChI=1S/C13H26N4O.3ClH/c1-16-6-8-17(9-7-16)5-4-15-13(18)11-14-10-12-2-3-12;;;/h12,14H,2-11H2,1H3,(H,15,18);3*1H. The van der Waals surface area contributed by atoms with Gasteiger partial charge in [-0.05, 0) is 32.4 Å². The third-order valence-electron chi connectivity index (χ3n) is 3.76. The molecule has 2 aliphatic rings. The quantitative estimate of drug-likeness (QED) is 0.696. The first-order valence-corrected chi connectivity index (χ1v) is 7.12. The lowest BCUT2D eigenvalue weighted by atomic mass is 10.3. The first kappa shape index (κ1) is 23.5. The van der Waals surface area contributed by atoms with Gasteiger partial charge in [0.05, 0.1) is 6.54 Å². The minimum Gasteiger partial charge on any atom is -0.354 e. The molecule has 0 aromatic heterocycles. The Kier molecular flexibility index (Phi) is 14.2. The van der Waals surface area contributed by atoms with Crippen molar-refractivity contribution in [2.24, 2.45) is 5.92 Å². The Morgan fingerprint density at radius 2 is 1.71 bits per heavy atom. The van der Waals surface area contributed by atoms with E-state index in [2.05, 4.69) is 27.5 Å². The highest BCUT2D eigenvalue weighted by Crippen LogP contribution is 2.27. The van der Waals surface area contributed by atoms with Crippen molar-refractivity contribution in [2.75, 3.05) is 59.4 Å². The molecule has 0 bridgehead atoms. The number of hydrogen-bond donors (Lipinski definition) is 2. The monoisotopic (exact) mass is 362 g/mol. The van der Waals surface area contributed by atoms with Crippen LogP contribution >= 0.6 is 37.2 Å². The van der Waals surface area contributed by atoms with E-state index < -0.39 is 0 Å². The summed E-state index contributed by atoms with van der Waals surface area (Å²) in [7, 11) is 2.16. The van der Waals surface area contributed by atoms with Gasteiger partial charge in [0.15, 0.2) is 0 Å². The van der Waals surface area contributed by atoms with Crippen LogP contribution in [0.3, 0.4) is 0 Å². The maximum Gasteiger partial charge on any atom is 0.234 e. The van der Waals surface area contributed by atoms with Crippen LogP contribution in [-0.4, -0.2) is 75.1 Å². The molecule has 1 saturated heterocycles. The zero-order chi connectivity index (χ0) is 12.8. The molecule has 8 heteroatoms. The van der Waals surface area contributed by atoms with Gasteiger partial charge in [0, 0.05) is 39.3 Å². The Bertz CT molecular complexity index is 272. The summed E-state index contributed by atoms with van der Waals surface area (Å²) in [4.78, 5) is 16.3. The average Bonchev–Trinajstić information content (AvgIpc) is 3.16. The van der Waals surface area contributed by atoms with Gasteiger partial charge in [-0.15, -0.1) is 37.2 Å². The van der Waals surface area contributed by atoms with Crippen molar-refractivity contribution in [1.82, 2.24) is 20.4 Å². The molecule has 2 N–H and O–H groups in total. The molecule has 21 heavy (non-hydrogen) atoms. The summed E-state index contributed by atoms with van der Waals surface area (Å²) in [5.41, 5.74) is 0. The highest BCUT2D eigenvalue weighted by Gasteiger charge is 2.20. The van der Waals surface area contributed by atoms with Crippen LogP contribution in [0.2, 0.25) is 0 Å². The summed E-state index contributed by atoms with van der Waals surface area (Å²) in [6.45, 7) is 7.73. The first-order valence-electron chi connectivity index (χ1n) is 7.12. The minimum atomic E-state index is 0. The molecule has 2 fully saturated rings. The zero-order valence-corrected chi connectivity index (χ0v) is 15.1. The Hall–Kier alpha value is 0.220. The van der Waals surface area contributed by atoms with Gasteiger partial charge in [-0.1, -0.05) is 0 Å². The summed E-state index contributed by atoms with van der Waals surface area (Å²) in [6.07, 6.45) is 2.66. The number of rotatable bonds is 7. The van der Waals surface area contributed by atoms with E-state index in [1.807, 2.05) is 0 Å². The molecular formula is C13H29Cl3N4O. The molecule has 0 unspecified atom stereocenters. The molecular weight excluding hydrogens is 335 g/mol. The lowest BCUT2D eigenvalue weighted by Gasteiger charge is -2.32. The van der Waals surface area contributed by atoms with Gasteiger partial charge >= 0.3 is 0 Å². The summed E-state index contributed by atoms with van der Waals surface area (Å²) in [5.74, 6) is 0.966. The van der Waals surface area contributed by atoms with Gasteiger partial charge < -0.3 is 15.5 Å². The number of halogens is 3. The lowest BCUT2D eigenvalue weighted by Crippen LogP contribution is -2.47. The first-order chi connectivity index (χ1) is 8.74. The number of carbonyl (C=O) groups excluding carboxylic acids is 1. The minimum absolute atomic E-state index is 0. The third-order valence-corrected chi connectivity index (χ3v) is 3.76. The molecule has 1 amide bonds. The van der Waals surface area contributed by atoms with Crippen molar-refractivity contribution >= 4 is 43.1 Å². The SMILES string of the molecule is CN1CCN(CCNC(=O)CNCC2CC2)CC1.Cl.Cl.Cl. The van der Waals surface area contributed by atoms with Gasteiger partial charge in [0.2, 0.25) is 5.91 Å². The van der Waals surface area contributed by atoms with Crippen LogP contribution < -0.4 is 10.6 Å². The number of piperazine rings is 1. The maximum atomic E-state index is 11.5. The highest BCUT2D eigenvalue weighted by molar-refractivity contribution is 5.86. The smallest absolute Gasteiger partial charge is 0.234 e. The van der Waals surface area contributed by atoms with Crippen LogP contribution in [0.5, 0.6) is 0 Å². The van der Waals surface area contributed by atoms with Crippen molar-refractivity contribution in [3.63, 3.8) is 0 Å². The second-order valence-corrected chi connectivity index (χ2v) is 5.57. The molecule has 0 spiro atoms. The van der Waals surface area contributed by atoms with Crippen LogP contribution in [-0.2, 0) is 4.79 Å². The number of nitrogens with one attached hydrogen (secondary N) is 2. The largest absolute Gasteiger partial charge is 0.354 e. The second kappa shape index (κ2) is 12.7. The second-order valence-electron chi connectivity index (χ2n) is 5.57. The summed E-state index contributed by atoms with van der Waals surface area (Å²) < 4.78 is 0. The van der Waals surface area contributed by atoms with E-state index in [1.54, 1.807) is 0 Å². The van der Waals surface area contributed by atoms with E-state index in [1.165, 1.54) is 12.8 Å². The Labute approximate surface area is 146 Å². The molecule has 128 valence electrons. The van der Waals surface area contributed by atoms with Gasteiger partial charge in [0.1, 0.15) is 0 Å². The van der Waals surface area contributed by atoms with E-state index >= 15 is 0 Å².